The maximum absolute atomic E-state index is 6.13. The topological polar surface area (TPSA) is 38.5 Å². The fourth-order valence-electron chi connectivity index (χ4n) is 3.77. The Morgan fingerprint density at radius 2 is 1.89 bits per heavy atom. The molecule has 1 aromatic rings. The van der Waals surface area contributed by atoms with Crippen molar-refractivity contribution in [3.05, 3.63) is 35.4 Å². The Kier molecular flexibility index (Phi) is 3.87. The van der Waals surface area contributed by atoms with E-state index in [1.165, 1.54) is 36.8 Å². The van der Waals surface area contributed by atoms with Gasteiger partial charge in [-0.05, 0) is 36.8 Å². The standard InChI is InChI=1S/C16H24N2O/c1-19-11-13-4-2-3-12(7-13)10-18-15-5-6-16(18)9-14(17)8-15/h2-4,7,14-16H,5-6,8-11,17H2,1H3. The molecule has 2 aliphatic rings. The van der Waals surface area contributed by atoms with Crippen LogP contribution in [0, 0.1) is 0 Å². The number of rotatable bonds is 4. The Labute approximate surface area is 115 Å². The summed E-state index contributed by atoms with van der Waals surface area (Å²) in [6.45, 7) is 1.77. The van der Waals surface area contributed by atoms with Crippen LogP contribution in [0.5, 0.6) is 0 Å². The average molecular weight is 260 g/mol. The zero-order valence-corrected chi connectivity index (χ0v) is 11.7. The van der Waals surface area contributed by atoms with Gasteiger partial charge in [-0.25, -0.2) is 0 Å². The van der Waals surface area contributed by atoms with Gasteiger partial charge in [0.2, 0.25) is 0 Å². The fraction of sp³-hybridized carbons (Fsp3) is 0.625. The van der Waals surface area contributed by atoms with Gasteiger partial charge in [-0.2, -0.15) is 0 Å². The summed E-state index contributed by atoms with van der Waals surface area (Å²) in [4.78, 5) is 2.68. The van der Waals surface area contributed by atoms with Gasteiger partial charge in [0.15, 0.2) is 0 Å². The lowest BCUT2D eigenvalue weighted by molar-refractivity contribution is 0.120. The van der Waals surface area contributed by atoms with Gasteiger partial charge < -0.3 is 10.5 Å². The molecule has 0 saturated carbocycles. The predicted molar refractivity (Wildman–Crippen MR) is 76.7 cm³/mol. The summed E-state index contributed by atoms with van der Waals surface area (Å²) in [6.07, 6.45) is 5.01. The number of methoxy groups -OCH3 is 1. The van der Waals surface area contributed by atoms with E-state index in [1.807, 2.05) is 0 Å². The molecule has 1 aromatic carbocycles. The quantitative estimate of drug-likeness (QED) is 0.902. The second-order valence-corrected chi connectivity index (χ2v) is 6.04. The van der Waals surface area contributed by atoms with Crippen molar-refractivity contribution < 1.29 is 4.74 Å². The number of hydrogen-bond donors (Lipinski definition) is 1. The van der Waals surface area contributed by atoms with Crippen LogP contribution in [0.3, 0.4) is 0 Å². The summed E-state index contributed by atoms with van der Waals surface area (Å²) in [7, 11) is 1.75. The minimum atomic E-state index is 0.425. The third kappa shape index (κ3) is 2.83. The summed E-state index contributed by atoms with van der Waals surface area (Å²) in [5, 5.41) is 0. The van der Waals surface area contributed by atoms with Crippen LogP contribution in [0.1, 0.15) is 36.8 Å². The summed E-state index contributed by atoms with van der Waals surface area (Å²) in [5.41, 5.74) is 8.80. The van der Waals surface area contributed by atoms with Crippen LogP contribution in [-0.4, -0.2) is 30.1 Å². The van der Waals surface area contributed by atoms with Gasteiger partial charge in [0.25, 0.3) is 0 Å². The average Bonchev–Trinajstić information content (AvgIpc) is 2.63. The first-order valence-corrected chi connectivity index (χ1v) is 7.34. The molecule has 3 rings (SSSR count). The number of hydrogen-bond acceptors (Lipinski definition) is 3. The van der Waals surface area contributed by atoms with E-state index in [1.54, 1.807) is 7.11 Å². The molecular weight excluding hydrogens is 236 g/mol. The van der Waals surface area contributed by atoms with Gasteiger partial charge in [0, 0.05) is 31.8 Å². The summed E-state index contributed by atoms with van der Waals surface area (Å²) < 4.78 is 5.21. The van der Waals surface area contributed by atoms with E-state index in [2.05, 4.69) is 29.2 Å². The monoisotopic (exact) mass is 260 g/mol. The van der Waals surface area contributed by atoms with Crippen molar-refractivity contribution in [1.82, 2.24) is 4.90 Å². The molecule has 2 bridgehead atoms. The molecule has 0 aliphatic carbocycles. The van der Waals surface area contributed by atoms with Crippen molar-refractivity contribution in [1.29, 1.82) is 0 Å². The van der Waals surface area contributed by atoms with Crippen molar-refractivity contribution in [2.75, 3.05) is 7.11 Å². The van der Waals surface area contributed by atoms with Crippen LogP contribution in [0.25, 0.3) is 0 Å². The third-order valence-corrected chi connectivity index (χ3v) is 4.59. The fourth-order valence-corrected chi connectivity index (χ4v) is 3.77. The molecule has 2 unspecified atom stereocenters. The number of nitrogens with zero attached hydrogens (tertiary/aromatic N) is 1. The van der Waals surface area contributed by atoms with Gasteiger partial charge in [0.05, 0.1) is 6.61 Å². The van der Waals surface area contributed by atoms with Crippen molar-refractivity contribution in [2.45, 2.75) is 57.0 Å². The minimum absolute atomic E-state index is 0.425. The number of fused-ring (bicyclic) bond motifs is 2. The zero-order valence-electron chi connectivity index (χ0n) is 11.7. The molecule has 0 amide bonds. The van der Waals surface area contributed by atoms with E-state index in [4.69, 9.17) is 10.5 Å². The van der Waals surface area contributed by atoms with Crippen molar-refractivity contribution in [3.8, 4) is 0 Å². The van der Waals surface area contributed by atoms with Crippen LogP contribution >= 0.6 is 0 Å². The molecule has 2 N–H and O–H groups in total. The highest BCUT2D eigenvalue weighted by atomic mass is 16.5. The van der Waals surface area contributed by atoms with Crippen LogP contribution < -0.4 is 5.73 Å². The van der Waals surface area contributed by atoms with E-state index in [-0.39, 0.29) is 0 Å². The molecule has 19 heavy (non-hydrogen) atoms. The van der Waals surface area contributed by atoms with E-state index >= 15 is 0 Å². The van der Waals surface area contributed by atoms with Gasteiger partial charge in [-0.1, -0.05) is 24.3 Å². The molecule has 0 spiro atoms. The molecule has 2 fully saturated rings. The molecule has 3 nitrogen and oxygen atoms in total. The summed E-state index contributed by atoms with van der Waals surface area (Å²) in [6, 6.07) is 10.6. The zero-order chi connectivity index (χ0) is 13.2. The minimum Gasteiger partial charge on any atom is -0.380 e. The van der Waals surface area contributed by atoms with Crippen LogP contribution in [0.4, 0.5) is 0 Å². The van der Waals surface area contributed by atoms with Gasteiger partial charge in [-0.3, -0.25) is 4.90 Å². The molecule has 2 saturated heterocycles. The summed E-state index contributed by atoms with van der Waals surface area (Å²) >= 11 is 0. The lowest BCUT2D eigenvalue weighted by Crippen LogP contribution is -2.46. The first kappa shape index (κ1) is 13.1. The van der Waals surface area contributed by atoms with Gasteiger partial charge in [-0.15, -0.1) is 0 Å². The highest BCUT2D eigenvalue weighted by Gasteiger charge is 2.39. The molecule has 0 aromatic heterocycles. The first-order valence-electron chi connectivity index (χ1n) is 7.34. The highest BCUT2D eigenvalue weighted by molar-refractivity contribution is 5.23. The Bertz CT molecular complexity index is 421. The van der Waals surface area contributed by atoms with Gasteiger partial charge >= 0.3 is 0 Å². The number of piperidine rings is 1. The number of benzene rings is 1. The van der Waals surface area contributed by atoms with Crippen LogP contribution in [0.2, 0.25) is 0 Å². The second-order valence-electron chi connectivity index (χ2n) is 6.04. The lowest BCUT2D eigenvalue weighted by Gasteiger charge is -2.37. The van der Waals surface area contributed by atoms with E-state index in [0.717, 1.165) is 6.54 Å². The van der Waals surface area contributed by atoms with Gasteiger partial charge in [0.1, 0.15) is 0 Å². The Morgan fingerprint density at radius 3 is 2.58 bits per heavy atom. The second kappa shape index (κ2) is 5.61. The Hall–Kier alpha value is -0.900. The molecule has 2 atom stereocenters. The van der Waals surface area contributed by atoms with Crippen LogP contribution in [0.15, 0.2) is 24.3 Å². The largest absolute Gasteiger partial charge is 0.380 e. The third-order valence-electron chi connectivity index (χ3n) is 4.59. The molecule has 0 radical (unpaired) electrons. The molecule has 104 valence electrons. The first-order chi connectivity index (χ1) is 9.26. The van der Waals surface area contributed by atoms with E-state index in [0.29, 0.717) is 24.7 Å². The normalized spacial score (nSPS) is 30.7. The molecule has 3 heteroatoms. The predicted octanol–water partition coefficient (Wildman–Crippen LogP) is 2.29. The van der Waals surface area contributed by atoms with Crippen LogP contribution in [-0.2, 0) is 17.9 Å². The maximum Gasteiger partial charge on any atom is 0.0713 e. The molecular formula is C16H24N2O. The van der Waals surface area contributed by atoms with Crippen molar-refractivity contribution in [3.63, 3.8) is 0 Å². The molecule has 2 aliphatic heterocycles. The van der Waals surface area contributed by atoms with Crippen molar-refractivity contribution >= 4 is 0 Å². The smallest absolute Gasteiger partial charge is 0.0713 e. The maximum atomic E-state index is 6.13. The number of ether oxygens (including phenoxy) is 1. The molecule has 2 heterocycles. The lowest BCUT2D eigenvalue weighted by atomic mass is 9.97. The highest BCUT2D eigenvalue weighted by Crippen LogP contribution is 2.36. The van der Waals surface area contributed by atoms with E-state index < -0.39 is 0 Å². The van der Waals surface area contributed by atoms with Crippen molar-refractivity contribution in [2.24, 2.45) is 5.73 Å². The number of nitrogens with two attached hydrogens (primary N) is 1. The summed E-state index contributed by atoms with van der Waals surface area (Å²) in [5.74, 6) is 0. The SMILES string of the molecule is COCc1cccc(CN2C3CCC2CC(N)C3)c1. The Morgan fingerprint density at radius 1 is 1.21 bits per heavy atom. The Balaban J connectivity index is 1.70. The van der Waals surface area contributed by atoms with E-state index in [9.17, 15) is 0 Å².